The molecule has 88 valence electrons. The van der Waals surface area contributed by atoms with Crippen molar-refractivity contribution >= 4 is 5.82 Å². The second kappa shape index (κ2) is 3.62. The smallest absolute Gasteiger partial charge is 0.175 e. The van der Waals surface area contributed by atoms with Crippen LogP contribution in [0.4, 0.5) is 5.82 Å². The second-order valence-electron chi connectivity index (χ2n) is 4.99. The van der Waals surface area contributed by atoms with Crippen LogP contribution in [-0.4, -0.2) is 5.16 Å². The molecule has 3 heteroatoms. The minimum atomic E-state index is 0.496. The summed E-state index contributed by atoms with van der Waals surface area (Å²) in [4.78, 5) is 0. The maximum absolute atomic E-state index is 5.92. The molecule has 17 heavy (non-hydrogen) atoms. The number of nitrogens with two attached hydrogens (primary N) is 1. The Morgan fingerprint density at radius 2 is 1.94 bits per heavy atom. The van der Waals surface area contributed by atoms with Gasteiger partial charge in [0.05, 0.1) is 5.56 Å². The van der Waals surface area contributed by atoms with E-state index in [1.54, 1.807) is 0 Å². The van der Waals surface area contributed by atoms with E-state index in [0.717, 1.165) is 16.9 Å². The largest absolute Gasteiger partial charge is 0.380 e. The minimum Gasteiger partial charge on any atom is -0.380 e. The fraction of sp³-hybridized carbons (Fsp3) is 0.357. The van der Waals surface area contributed by atoms with Crippen LogP contribution < -0.4 is 5.73 Å². The maximum atomic E-state index is 5.92. The van der Waals surface area contributed by atoms with Gasteiger partial charge in [-0.2, -0.15) is 0 Å². The Bertz CT molecular complexity index is 542. The highest BCUT2D eigenvalue weighted by molar-refractivity contribution is 5.76. The molecule has 1 aromatic heterocycles. The van der Waals surface area contributed by atoms with Gasteiger partial charge in [0, 0.05) is 5.92 Å². The topological polar surface area (TPSA) is 52.0 Å². The molecule has 0 bridgehead atoms. The van der Waals surface area contributed by atoms with Crippen LogP contribution in [0.5, 0.6) is 0 Å². The van der Waals surface area contributed by atoms with Crippen molar-refractivity contribution in [2.24, 2.45) is 5.92 Å². The van der Waals surface area contributed by atoms with E-state index in [1.165, 1.54) is 12.0 Å². The normalized spacial score (nSPS) is 22.7. The van der Waals surface area contributed by atoms with Crippen molar-refractivity contribution in [3.8, 4) is 11.1 Å². The molecule has 1 aromatic carbocycles. The Labute approximate surface area is 101 Å². The van der Waals surface area contributed by atoms with Gasteiger partial charge in [-0.25, -0.2) is 0 Å². The van der Waals surface area contributed by atoms with Gasteiger partial charge in [-0.15, -0.1) is 0 Å². The molecule has 2 N–H and O–H groups in total. The Morgan fingerprint density at radius 3 is 2.53 bits per heavy atom. The van der Waals surface area contributed by atoms with E-state index in [1.807, 2.05) is 0 Å². The lowest BCUT2D eigenvalue weighted by molar-refractivity contribution is 0.384. The number of rotatable bonds is 2. The Balaban J connectivity index is 2.07. The number of aryl methyl sites for hydroxylation is 1. The van der Waals surface area contributed by atoms with Gasteiger partial charge < -0.3 is 10.3 Å². The zero-order valence-corrected chi connectivity index (χ0v) is 10.1. The van der Waals surface area contributed by atoms with Crippen LogP contribution >= 0.6 is 0 Å². The van der Waals surface area contributed by atoms with Gasteiger partial charge in [-0.3, -0.25) is 0 Å². The Morgan fingerprint density at radius 1 is 1.29 bits per heavy atom. The third-order valence-electron chi connectivity index (χ3n) is 3.53. The molecule has 1 aliphatic rings. The lowest BCUT2D eigenvalue weighted by atomic mass is 10.0. The molecule has 3 rings (SSSR count). The van der Waals surface area contributed by atoms with Crippen molar-refractivity contribution in [2.45, 2.75) is 26.2 Å². The van der Waals surface area contributed by atoms with Gasteiger partial charge in [-0.1, -0.05) is 41.9 Å². The van der Waals surface area contributed by atoms with Gasteiger partial charge in [0.1, 0.15) is 5.76 Å². The fourth-order valence-corrected chi connectivity index (χ4v) is 2.27. The van der Waals surface area contributed by atoms with Crippen LogP contribution in [0.15, 0.2) is 28.8 Å². The van der Waals surface area contributed by atoms with Crippen molar-refractivity contribution in [3.63, 3.8) is 0 Å². The van der Waals surface area contributed by atoms with Crippen LogP contribution in [0.1, 0.15) is 30.6 Å². The number of hydrogen-bond donors (Lipinski definition) is 1. The fourth-order valence-electron chi connectivity index (χ4n) is 2.27. The molecule has 2 aromatic rings. The summed E-state index contributed by atoms with van der Waals surface area (Å²) in [5.41, 5.74) is 9.24. The third kappa shape index (κ3) is 1.71. The Hall–Kier alpha value is -1.77. The summed E-state index contributed by atoms with van der Waals surface area (Å²) >= 11 is 0. The van der Waals surface area contributed by atoms with Gasteiger partial charge in [-0.05, 0) is 24.8 Å². The molecule has 1 aliphatic carbocycles. The standard InChI is InChI=1S/C14H16N2O/c1-8-3-5-10(6-4-8)12-13(11-7-9(11)2)17-16-14(12)15/h3-6,9,11H,7H2,1-2H3,(H2,15,16). The number of nitrogens with zero attached hydrogens (tertiary/aromatic N) is 1. The molecular formula is C14H16N2O. The summed E-state index contributed by atoms with van der Waals surface area (Å²) in [7, 11) is 0. The number of nitrogen functional groups attached to an aromatic ring is 1. The summed E-state index contributed by atoms with van der Waals surface area (Å²) in [5, 5.41) is 3.91. The summed E-state index contributed by atoms with van der Waals surface area (Å²) in [6, 6.07) is 8.33. The van der Waals surface area contributed by atoms with Gasteiger partial charge >= 0.3 is 0 Å². The molecule has 0 saturated heterocycles. The molecular weight excluding hydrogens is 212 g/mol. The monoisotopic (exact) mass is 228 g/mol. The van der Waals surface area contributed by atoms with E-state index in [-0.39, 0.29) is 0 Å². The van der Waals surface area contributed by atoms with Crippen LogP contribution in [0.25, 0.3) is 11.1 Å². The first-order valence-corrected chi connectivity index (χ1v) is 5.99. The molecule has 0 radical (unpaired) electrons. The predicted octanol–water partition coefficient (Wildman–Crippen LogP) is 3.36. The van der Waals surface area contributed by atoms with E-state index in [0.29, 0.717) is 17.7 Å². The van der Waals surface area contributed by atoms with Crippen LogP contribution in [0, 0.1) is 12.8 Å². The zero-order chi connectivity index (χ0) is 12.0. The van der Waals surface area contributed by atoms with E-state index >= 15 is 0 Å². The van der Waals surface area contributed by atoms with E-state index in [4.69, 9.17) is 10.3 Å². The van der Waals surface area contributed by atoms with E-state index < -0.39 is 0 Å². The summed E-state index contributed by atoms with van der Waals surface area (Å²) in [6.07, 6.45) is 1.17. The quantitative estimate of drug-likeness (QED) is 0.857. The average Bonchev–Trinajstić information content (AvgIpc) is 2.90. The molecule has 1 saturated carbocycles. The number of aromatic nitrogens is 1. The second-order valence-corrected chi connectivity index (χ2v) is 4.99. The molecule has 3 nitrogen and oxygen atoms in total. The van der Waals surface area contributed by atoms with Gasteiger partial charge in [0.2, 0.25) is 0 Å². The first-order chi connectivity index (χ1) is 8.16. The molecule has 1 fully saturated rings. The van der Waals surface area contributed by atoms with E-state index in [9.17, 15) is 0 Å². The Kier molecular flexibility index (Phi) is 2.21. The van der Waals surface area contributed by atoms with Crippen LogP contribution in [0.2, 0.25) is 0 Å². The summed E-state index contributed by atoms with van der Waals surface area (Å²) in [6.45, 7) is 4.30. The number of hydrogen-bond acceptors (Lipinski definition) is 3. The summed E-state index contributed by atoms with van der Waals surface area (Å²) < 4.78 is 5.40. The number of benzene rings is 1. The lowest BCUT2D eigenvalue weighted by Crippen LogP contribution is -1.90. The van der Waals surface area contributed by atoms with Crippen LogP contribution in [-0.2, 0) is 0 Å². The molecule has 0 amide bonds. The molecule has 2 atom stereocenters. The van der Waals surface area contributed by atoms with Crippen molar-refractivity contribution in [1.82, 2.24) is 5.16 Å². The highest BCUT2D eigenvalue weighted by atomic mass is 16.5. The molecule has 1 heterocycles. The first-order valence-electron chi connectivity index (χ1n) is 5.99. The van der Waals surface area contributed by atoms with Crippen molar-refractivity contribution < 1.29 is 4.52 Å². The highest BCUT2D eigenvalue weighted by Gasteiger charge is 2.40. The van der Waals surface area contributed by atoms with Gasteiger partial charge in [0.25, 0.3) is 0 Å². The predicted molar refractivity (Wildman–Crippen MR) is 67.6 cm³/mol. The zero-order valence-electron chi connectivity index (χ0n) is 10.1. The number of anilines is 1. The average molecular weight is 228 g/mol. The minimum absolute atomic E-state index is 0.496. The SMILES string of the molecule is Cc1ccc(-c2c(N)noc2C2CC2C)cc1. The molecule has 0 aliphatic heterocycles. The van der Waals surface area contributed by atoms with E-state index in [2.05, 4.69) is 43.3 Å². The van der Waals surface area contributed by atoms with Gasteiger partial charge in [0.15, 0.2) is 5.82 Å². The highest BCUT2D eigenvalue weighted by Crippen LogP contribution is 2.51. The lowest BCUT2D eigenvalue weighted by Gasteiger charge is -2.02. The summed E-state index contributed by atoms with van der Waals surface area (Å²) in [5.74, 6) is 2.64. The van der Waals surface area contributed by atoms with Crippen LogP contribution in [0.3, 0.4) is 0 Å². The van der Waals surface area contributed by atoms with Crippen molar-refractivity contribution in [3.05, 3.63) is 35.6 Å². The van der Waals surface area contributed by atoms with Crippen molar-refractivity contribution in [1.29, 1.82) is 0 Å². The molecule has 2 unspecified atom stereocenters. The third-order valence-corrected chi connectivity index (χ3v) is 3.53. The molecule has 0 spiro atoms. The first kappa shape index (κ1) is 10.4. The van der Waals surface area contributed by atoms with Crippen molar-refractivity contribution in [2.75, 3.05) is 5.73 Å². The maximum Gasteiger partial charge on any atom is 0.175 e.